The zero-order chi connectivity index (χ0) is 22.5. The molecule has 162 valence electrons. The van der Waals surface area contributed by atoms with Crippen LogP contribution in [0.1, 0.15) is 15.9 Å². The molecule has 0 bridgehead atoms. The molecular weight excluding hydrogens is 422 g/mol. The Morgan fingerprint density at radius 1 is 0.844 bits per heavy atom. The third-order valence-corrected chi connectivity index (χ3v) is 5.95. The molecular formula is C25H23N3O3S. The first-order chi connectivity index (χ1) is 15.6. The summed E-state index contributed by atoms with van der Waals surface area (Å²) in [5.74, 6) is 2.46. The van der Waals surface area contributed by atoms with Crippen molar-refractivity contribution in [3.05, 3.63) is 83.9 Å². The number of nitrogens with zero attached hydrogens (tertiary/aromatic N) is 3. The van der Waals surface area contributed by atoms with E-state index in [9.17, 15) is 4.79 Å². The molecule has 0 amide bonds. The number of hydrogen-bond donors (Lipinski definition) is 0. The Bertz CT molecular complexity index is 1200. The van der Waals surface area contributed by atoms with Crippen molar-refractivity contribution in [3.8, 4) is 28.6 Å². The van der Waals surface area contributed by atoms with Crippen LogP contribution in [0.4, 0.5) is 0 Å². The maximum atomic E-state index is 12.7. The largest absolute Gasteiger partial charge is 0.497 e. The molecule has 3 aromatic carbocycles. The van der Waals surface area contributed by atoms with E-state index in [1.54, 1.807) is 38.5 Å². The zero-order valence-electron chi connectivity index (χ0n) is 18.1. The molecule has 0 unspecified atom stereocenters. The van der Waals surface area contributed by atoms with Crippen LogP contribution in [0.3, 0.4) is 0 Å². The number of ether oxygens (including phenoxy) is 2. The van der Waals surface area contributed by atoms with Crippen molar-refractivity contribution in [2.24, 2.45) is 0 Å². The second-order valence-corrected chi connectivity index (χ2v) is 8.09. The number of hydrogen-bond acceptors (Lipinski definition) is 6. The van der Waals surface area contributed by atoms with Crippen LogP contribution in [-0.2, 0) is 0 Å². The van der Waals surface area contributed by atoms with E-state index in [4.69, 9.17) is 9.47 Å². The second kappa shape index (κ2) is 9.70. The van der Waals surface area contributed by atoms with Crippen molar-refractivity contribution < 1.29 is 14.3 Å². The first-order valence-electron chi connectivity index (χ1n) is 10.1. The summed E-state index contributed by atoms with van der Waals surface area (Å²) in [7, 11) is 3.24. The molecule has 0 atom stereocenters. The van der Waals surface area contributed by atoms with Crippen LogP contribution in [0.2, 0.25) is 0 Å². The molecule has 4 rings (SSSR count). The standard InChI is InChI=1S/C25H23N3O3S/c1-17-4-6-19(7-5-17)24-26-27-25(28(24)20-10-14-22(31-3)15-11-20)32-16-23(29)18-8-12-21(30-2)13-9-18/h4-15H,16H2,1-3H3. The van der Waals surface area contributed by atoms with E-state index >= 15 is 0 Å². The average Bonchev–Trinajstić information content (AvgIpc) is 3.27. The van der Waals surface area contributed by atoms with Crippen LogP contribution < -0.4 is 9.47 Å². The maximum Gasteiger partial charge on any atom is 0.196 e. The van der Waals surface area contributed by atoms with E-state index in [1.807, 2.05) is 60.0 Å². The van der Waals surface area contributed by atoms with Crippen LogP contribution in [0, 0.1) is 6.92 Å². The molecule has 4 aromatic rings. The Hall–Kier alpha value is -3.58. The van der Waals surface area contributed by atoms with E-state index in [1.165, 1.54) is 17.3 Å². The summed E-state index contributed by atoms with van der Waals surface area (Å²) in [6, 6.07) is 22.9. The van der Waals surface area contributed by atoms with Gasteiger partial charge in [0, 0.05) is 16.8 Å². The minimum atomic E-state index is 0.0128. The first kappa shape index (κ1) is 21.6. The number of carbonyl (C=O) groups is 1. The molecule has 0 aliphatic rings. The van der Waals surface area contributed by atoms with Crippen molar-refractivity contribution in [1.29, 1.82) is 0 Å². The number of carbonyl (C=O) groups excluding carboxylic acids is 1. The summed E-state index contributed by atoms with van der Waals surface area (Å²) >= 11 is 1.36. The van der Waals surface area contributed by atoms with Crippen LogP contribution in [0.15, 0.2) is 78.0 Å². The van der Waals surface area contributed by atoms with Crippen LogP contribution in [0.5, 0.6) is 11.5 Å². The normalized spacial score (nSPS) is 10.7. The summed E-state index contributed by atoms with van der Waals surface area (Å²) < 4.78 is 12.4. The van der Waals surface area contributed by atoms with E-state index in [0.717, 1.165) is 28.6 Å². The van der Waals surface area contributed by atoms with Crippen LogP contribution >= 0.6 is 11.8 Å². The van der Waals surface area contributed by atoms with Crippen molar-refractivity contribution in [2.75, 3.05) is 20.0 Å². The van der Waals surface area contributed by atoms with E-state index in [2.05, 4.69) is 10.2 Å². The fraction of sp³-hybridized carbons (Fsp3) is 0.160. The number of ketones is 1. The Kier molecular flexibility index (Phi) is 6.56. The van der Waals surface area contributed by atoms with E-state index < -0.39 is 0 Å². The van der Waals surface area contributed by atoms with Crippen molar-refractivity contribution >= 4 is 17.5 Å². The third kappa shape index (κ3) is 4.68. The first-order valence-corrected chi connectivity index (χ1v) is 11.0. The van der Waals surface area contributed by atoms with Gasteiger partial charge < -0.3 is 9.47 Å². The molecule has 0 aliphatic heterocycles. The van der Waals surface area contributed by atoms with Gasteiger partial charge in [-0.05, 0) is 55.5 Å². The number of Topliss-reactive ketones (excluding diaryl/α,β-unsaturated/α-hetero) is 1. The maximum absolute atomic E-state index is 12.7. The predicted octanol–water partition coefficient (Wildman–Crippen LogP) is 5.23. The molecule has 0 fully saturated rings. The molecule has 32 heavy (non-hydrogen) atoms. The van der Waals surface area contributed by atoms with E-state index in [-0.39, 0.29) is 11.5 Å². The minimum Gasteiger partial charge on any atom is -0.497 e. The number of benzene rings is 3. The third-order valence-electron chi connectivity index (χ3n) is 5.02. The topological polar surface area (TPSA) is 66.2 Å². The Balaban J connectivity index is 1.64. The highest BCUT2D eigenvalue weighted by Crippen LogP contribution is 2.29. The highest BCUT2D eigenvalue weighted by Gasteiger charge is 2.18. The molecule has 1 heterocycles. The molecule has 0 radical (unpaired) electrons. The fourth-order valence-corrected chi connectivity index (χ4v) is 4.05. The van der Waals surface area contributed by atoms with Gasteiger partial charge >= 0.3 is 0 Å². The average molecular weight is 446 g/mol. The van der Waals surface area contributed by atoms with Gasteiger partial charge in [0.2, 0.25) is 0 Å². The number of rotatable bonds is 8. The van der Waals surface area contributed by atoms with Crippen molar-refractivity contribution in [2.45, 2.75) is 12.1 Å². The summed E-state index contributed by atoms with van der Waals surface area (Å²) in [6.07, 6.45) is 0. The van der Waals surface area contributed by atoms with Crippen LogP contribution in [-0.4, -0.2) is 40.5 Å². The fourth-order valence-electron chi connectivity index (χ4n) is 3.21. The van der Waals surface area contributed by atoms with Gasteiger partial charge in [-0.3, -0.25) is 9.36 Å². The number of aryl methyl sites for hydroxylation is 1. The highest BCUT2D eigenvalue weighted by atomic mass is 32.2. The number of thioether (sulfide) groups is 1. The molecule has 7 heteroatoms. The molecule has 6 nitrogen and oxygen atoms in total. The SMILES string of the molecule is COc1ccc(C(=O)CSc2nnc(-c3ccc(C)cc3)n2-c2ccc(OC)cc2)cc1. The molecule has 1 aromatic heterocycles. The Morgan fingerprint density at radius 3 is 2.03 bits per heavy atom. The molecule has 0 N–H and O–H groups in total. The lowest BCUT2D eigenvalue weighted by molar-refractivity contribution is 0.102. The molecule has 0 aliphatic carbocycles. The number of aromatic nitrogens is 3. The zero-order valence-corrected chi connectivity index (χ0v) is 18.9. The van der Waals surface area contributed by atoms with Crippen molar-refractivity contribution in [3.63, 3.8) is 0 Å². The molecule has 0 saturated carbocycles. The van der Waals surface area contributed by atoms with Gasteiger partial charge in [0.05, 0.1) is 20.0 Å². The van der Waals surface area contributed by atoms with Gasteiger partial charge in [0.1, 0.15) is 11.5 Å². The lowest BCUT2D eigenvalue weighted by Crippen LogP contribution is -2.05. The smallest absolute Gasteiger partial charge is 0.196 e. The minimum absolute atomic E-state index is 0.0128. The van der Waals surface area contributed by atoms with Gasteiger partial charge in [-0.2, -0.15) is 0 Å². The molecule has 0 spiro atoms. The van der Waals surface area contributed by atoms with Crippen LogP contribution in [0.25, 0.3) is 17.1 Å². The highest BCUT2D eigenvalue weighted by molar-refractivity contribution is 7.99. The summed E-state index contributed by atoms with van der Waals surface area (Å²) in [4.78, 5) is 12.7. The van der Waals surface area contributed by atoms with Gasteiger partial charge in [0.15, 0.2) is 16.8 Å². The Morgan fingerprint density at radius 2 is 1.44 bits per heavy atom. The van der Waals surface area contributed by atoms with Crippen molar-refractivity contribution in [1.82, 2.24) is 14.8 Å². The predicted molar refractivity (Wildman–Crippen MR) is 126 cm³/mol. The van der Waals surface area contributed by atoms with Gasteiger partial charge in [-0.25, -0.2) is 0 Å². The lowest BCUT2D eigenvalue weighted by atomic mass is 10.1. The summed E-state index contributed by atoms with van der Waals surface area (Å²) in [6.45, 7) is 2.05. The number of methoxy groups -OCH3 is 2. The second-order valence-electron chi connectivity index (χ2n) is 7.15. The summed E-state index contributed by atoms with van der Waals surface area (Å²) in [5.41, 5.74) is 3.65. The lowest BCUT2D eigenvalue weighted by Gasteiger charge is -2.11. The molecule has 0 saturated heterocycles. The van der Waals surface area contributed by atoms with Gasteiger partial charge in [-0.15, -0.1) is 10.2 Å². The van der Waals surface area contributed by atoms with Gasteiger partial charge in [-0.1, -0.05) is 41.6 Å². The Labute approximate surface area is 191 Å². The van der Waals surface area contributed by atoms with Gasteiger partial charge in [0.25, 0.3) is 0 Å². The summed E-state index contributed by atoms with van der Waals surface area (Å²) in [5, 5.41) is 9.49. The quantitative estimate of drug-likeness (QED) is 0.273. The monoisotopic (exact) mass is 445 g/mol. The van der Waals surface area contributed by atoms with E-state index in [0.29, 0.717) is 10.7 Å².